The highest BCUT2D eigenvalue weighted by Gasteiger charge is 2.39. The van der Waals surface area contributed by atoms with Gasteiger partial charge in [-0.25, -0.2) is 9.59 Å². The number of rotatable bonds is 5. The van der Waals surface area contributed by atoms with Gasteiger partial charge in [-0.1, -0.05) is 12.7 Å². The van der Waals surface area contributed by atoms with E-state index in [1.54, 1.807) is 26.0 Å². The van der Waals surface area contributed by atoms with Gasteiger partial charge in [0.05, 0.1) is 30.4 Å². The molecule has 1 aromatic rings. The number of carbonyl (C=O) groups is 2. The first-order valence-corrected chi connectivity index (χ1v) is 7.09. The number of allylic oxidation sites excluding steroid dienone is 2. The van der Waals surface area contributed by atoms with Gasteiger partial charge in [0.25, 0.3) is 0 Å². The molecule has 2 heterocycles. The summed E-state index contributed by atoms with van der Waals surface area (Å²) in [5.41, 5.74) is 1.84. The molecule has 1 N–H and O–H groups in total. The lowest BCUT2D eigenvalue weighted by atomic mass is 9.83. The highest BCUT2D eigenvalue weighted by molar-refractivity contribution is 5.99. The van der Waals surface area contributed by atoms with Crippen LogP contribution in [0.25, 0.3) is 0 Å². The number of nitrogens with one attached hydrogen (secondary N) is 1. The van der Waals surface area contributed by atoms with Crippen molar-refractivity contribution < 1.29 is 23.5 Å². The molecule has 1 aliphatic rings. The summed E-state index contributed by atoms with van der Waals surface area (Å²) < 4.78 is 15.5. The number of methoxy groups -OCH3 is 1. The van der Waals surface area contributed by atoms with Crippen molar-refractivity contribution in [2.75, 3.05) is 13.7 Å². The van der Waals surface area contributed by atoms with Crippen LogP contribution in [0.2, 0.25) is 0 Å². The van der Waals surface area contributed by atoms with E-state index in [4.69, 9.17) is 13.9 Å². The standard InChI is InChI=1S/C17H19NO5/c1-5-8-23-17(20)14-11(3)18-10(2)13(16(19)21-4)15(14)12-7-6-9-22-12/h5-7,9,15,18H,1,8H2,2-4H3. The fraction of sp³-hybridized carbons (Fsp3) is 0.294. The van der Waals surface area contributed by atoms with Crippen LogP contribution in [0.5, 0.6) is 0 Å². The van der Waals surface area contributed by atoms with E-state index < -0.39 is 17.9 Å². The summed E-state index contributed by atoms with van der Waals surface area (Å²) in [5.74, 6) is -1.28. The van der Waals surface area contributed by atoms with Crippen LogP contribution in [0.1, 0.15) is 25.5 Å². The van der Waals surface area contributed by atoms with Crippen LogP contribution in [0, 0.1) is 0 Å². The molecule has 0 bridgehead atoms. The van der Waals surface area contributed by atoms with E-state index in [1.807, 2.05) is 0 Å². The number of ether oxygens (including phenoxy) is 2. The Morgan fingerprint density at radius 2 is 1.96 bits per heavy atom. The van der Waals surface area contributed by atoms with E-state index in [1.165, 1.54) is 19.4 Å². The molecule has 1 aromatic heterocycles. The van der Waals surface area contributed by atoms with Gasteiger partial charge >= 0.3 is 11.9 Å². The number of dihydropyridines is 1. The molecule has 0 aromatic carbocycles. The lowest BCUT2D eigenvalue weighted by Crippen LogP contribution is -2.32. The molecule has 1 atom stereocenters. The van der Waals surface area contributed by atoms with E-state index in [2.05, 4.69) is 11.9 Å². The third kappa shape index (κ3) is 3.21. The number of hydrogen-bond acceptors (Lipinski definition) is 6. The summed E-state index contributed by atoms with van der Waals surface area (Å²) in [5, 5.41) is 3.03. The molecule has 0 saturated heterocycles. The fourth-order valence-electron chi connectivity index (χ4n) is 2.60. The highest BCUT2D eigenvalue weighted by Crippen LogP contribution is 2.39. The zero-order valence-corrected chi connectivity index (χ0v) is 13.3. The molecular formula is C17H19NO5. The zero-order valence-electron chi connectivity index (χ0n) is 13.3. The Bertz CT molecular complexity index is 682. The van der Waals surface area contributed by atoms with Gasteiger partial charge in [0.1, 0.15) is 12.4 Å². The molecule has 6 nitrogen and oxygen atoms in total. The maximum atomic E-state index is 12.5. The van der Waals surface area contributed by atoms with Crippen LogP contribution >= 0.6 is 0 Å². The Hall–Kier alpha value is -2.76. The molecule has 0 spiro atoms. The van der Waals surface area contributed by atoms with Crippen molar-refractivity contribution in [1.29, 1.82) is 0 Å². The molecule has 2 rings (SSSR count). The monoisotopic (exact) mass is 317 g/mol. The van der Waals surface area contributed by atoms with Crippen LogP contribution in [-0.2, 0) is 19.1 Å². The molecule has 0 aliphatic carbocycles. The molecule has 0 amide bonds. The predicted octanol–water partition coefficient (Wildman–Crippen LogP) is 2.42. The van der Waals surface area contributed by atoms with Gasteiger partial charge in [-0.3, -0.25) is 0 Å². The zero-order chi connectivity index (χ0) is 17.0. The molecule has 6 heteroatoms. The van der Waals surface area contributed by atoms with Gasteiger partial charge in [-0.05, 0) is 26.0 Å². The number of hydrogen-bond donors (Lipinski definition) is 1. The molecule has 1 unspecified atom stereocenters. The fourth-order valence-corrected chi connectivity index (χ4v) is 2.60. The number of esters is 2. The summed E-state index contributed by atoms with van der Waals surface area (Å²) in [6.45, 7) is 7.10. The minimum atomic E-state index is -0.684. The lowest BCUT2D eigenvalue weighted by molar-refractivity contribution is -0.138. The first kappa shape index (κ1) is 16.6. The summed E-state index contributed by atoms with van der Waals surface area (Å²) in [6, 6.07) is 3.41. The average Bonchev–Trinajstić information content (AvgIpc) is 3.05. The minimum absolute atomic E-state index is 0.0801. The molecule has 0 radical (unpaired) electrons. The second-order valence-corrected chi connectivity index (χ2v) is 5.03. The van der Waals surface area contributed by atoms with Gasteiger partial charge in [0, 0.05) is 11.4 Å². The maximum Gasteiger partial charge on any atom is 0.337 e. The lowest BCUT2D eigenvalue weighted by Gasteiger charge is -2.28. The van der Waals surface area contributed by atoms with Crippen molar-refractivity contribution in [3.8, 4) is 0 Å². The first-order chi connectivity index (χ1) is 11.0. The van der Waals surface area contributed by atoms with Crippen molar-refractivity contribution in [3.63, 3.8) is 0 Å². The average molecular weight is 317 g/mol. The number of carbonyl (C=O) groups excluding carboxylic acids is 2. The summed E-state index contributed by atoms with van der Waals surface area (Å²) >= 11 is 0. The van der Waals surface area contributed by atoms with E-state index in [-0.39, 0.29) is 6.61 Å². The molecule has 122 valence electrons. The Labute approximate surface area is 134 Å². The van der Waals surface area contributed by atoms with Crippen LogP contribution in [0.3, 0.4) is 0 Å². The largest absolute Gasteiger partial charge is 0.468 e. The minimum Gasteiger partial charge on any atom is -0.468 e. The Morgan fingerprint density at radius 3 is 2.48 bits per heavy atom. The quantitative estimate of drug-likeness (QED) is 0.664. The predicted molar refractivity (Wildman–Crippen MR) is 83.2 cm³/mol. The summed E-state index contributed by atoms with van der Waals surface area (Å²) in [4.78, 5) is 24.7. The molecule has 0 fully saturated rings. The Morgan fingerprint density at radius 1 is 1.30 bits per heavy atom. The normalized spacial score (nSPS) is 17.6. The SMILES string of the molecule is C=CCOC(=O)C1=C(C)NC(C)=C(C(=O)OC)C1c1ccco1. The molecule has 0 saturated carbocycles. The highest BCUT2D eigenvalue weighted by atomic mass is 16.5. The van der Waals surface area contributed by atoms with Gasteiger partial charge < -0.3 is 19.2 Å². The van der Waals surface area contributed by atoms with Crippen LogP contribution in [0.4, 0.5) is 0 Å². The Kier molecular flexibility index (Phi) is 5.05. The molecule has 1 aliphatic heterocycles. The van der Waals surface area contributed by atoms with Crippen molar-refractivity contribution >= 4 is 11.9 Å². The van der Waals surface area contributed by atoms with Crippen molar-refractivity contribution in [2.24, 2.45) is 0 Å². The van der Waals surface area contributed by atoms with Gasteiger partial charge in [-0.2, -0.15) is 0 Å². The van der Waals surface area contributed by atoms with Gasteiger partial charge in [0.2, 0.25) is 0 Å². The molecular weight excluding hydrogens is 298 g/mol. The van der Waals surface area contributed by atoms with Crippen LogP contribution < -0.4 is 5.32 Å². The van der Waals surface area contributed by atoms with E-state index in [9.17, 15) is 9.59 Å². The van der Waals surface area contributed by atoms with E-state index in [0.717, 1.165) is 0 Å². The van der Waals surface area contributed by atoms with Gasteiger partial charge in [-0.15, -0.1) is 0 Å². The maximum absolute atomic E-state index is 12.5. The Balaban J connectivity index is 2.54. The van der Waals surface area contributed by atoms with Crippen molar-refractivity contribution in [3.05, 3.63) is 59.4 Å². The van der Waals surface area contributed by atoms with E-state index in [0.29, 0.717) is 28.3 Å². The summed E-state index contributed by atoms with van der Waals surface area (Å²) in [7, 11) is 1.29. The smallest absolute Gasteiger partial charge is 0.337 e. The number of furan rings is 1. The molecule has 23 heavy (non-hydrogen) atoms. The topological polar surface area (TPSA) is 77.8 Å². The third-order valence-corrected chi connectivity index (χ3v) is 3.55. The second-order valence-electron chi connectivity index (χ2n) is 5.03. The summed E-state index contributed by atoms with van der Waals surface area (Å²) in [6.07, 6.45) is 2.97. The first-order valence-electron chi connectivity index (χ1n) is 7.09. The third-order valence-electron chi connectivity index (χ3n) is 3.55. The van der Waals surface area contributed by atoms with Crippen molar-refractivity contribution in [1.82, 2.24) is 5.32 Å². The van der Waals surface area contributed by atoms with Crippen LogP contribution in [0.15, 0.2) is 58.0 Å². The van der Waals surface area contributed by atoms with Crippen molar-refractivity contribution in [2.45, 2.75) is 19.8 Å². The second kappa shape index (κ2) is 7.00. The van der Waals surface area contributed by atoms with Crippen LogP contribution in [-0.4, -0.2) is 25.7 Å². The van der Waals surface area contributed by atoms with Gasteiger partial charge in [0.15, 0.2) is 0 Å². The van der Waals surface area contributed by atoms with E-state index >= 15 is 0 Å².